The first kappa shape index (κ1) is 16.7. The summed E-state index contributed by atoms with van der Waals surface area (Å²) in [6.07, 6.45) is 0. The predicted octanol–water partition coefficient (Wildman–Crippen LogP) is 4.21. The van der Waals surface area contributed by atoms with Gasteiger partial charge in [-0.05, 0) is 44.0 Å². The summed E-state index contributed by atoms with van der Waals surface area (Å²) in [5, 5.41) is 11.7. The topological polar surface area (TPSA) is 82.6 Å². The second-order valence-corrected chi connectivity index (χ2v) is 5.97. The number of ether oxygens (including phenoxy) is 1. The molecule has 2 aromatic carbocycles. The molecule has 0 aliphatic rings. The molecule has 6 heteroatoms. The van der Waals surface area contributed by atoms with E-state index in [1.165, 1.54) is 12.1 Å². The Kier molecular flexibility index (Phi) is 4.27. The number of hydrogen-bond donors (Lipinski definition) is 0. The van der Waals surface area contributed by atoms with E-state index in [0.717, 1.165) is 16.5 Å². The lowest BCUT2D eigenvalue weighted by Gasteiger charge is -2.11. The summed E-state index contributed by atoms with van der Waals surface area (Å²) in [6, 6.07) is 9.86. The molecule has 0 saturated carbocycles. The van der Waals surface area contributed by atoms with Crippen molar-refractivity contribution in [2.45, 2.75) is 27.4 Å². The van der Waals surface area contributed by atoms with Gasteiger partial charge >= 0.3 is 5.63 Å². The first-order valence-electron chi connectivity index (χ1n) is 7.77. The number of benzene rings is 2. The third kappa shape index (κ3) is 3.24. The van der Waals surface area contributed by atoms with Gasteiger partial charge in [0.15, 0.2) is 0 Å². The van der Waals surface area contributed by atoms with E-state index in [9.17, 15) is 14.9 Å². The molecule has 25 heavy (non-hydrogen) atoms. The van der Waals surface area contributed by atoms with Crippen molar-refractivity contribution in [3.63, 3.8) is 0 Å². The van der Waals surface area contributed by atoms with Crippen LogP contribution in [0, 0.1) is 30.9 Å². The molecule has 0 spiro atoms. The highest BCUT2D eigenvalue weighted by molar-refractivity contribution is 5.83. The number of nitro benzene ring substituents is 1. The molecular weight excluding hydrogens is 322 g/mol. The van der Waals surface area contributed by atoms with Crippen molar-refractivity contribution in [1.29, 1.82) is 0 Å². The maximum Gasteiger partial charge on any atom is 0.336 e. The summed E-state index contributed by atoms with van der Waals surface area (Å²) in [6.45, 7) is 5.69. The lowest BCUT2D eigenvalue weighted by Crippen LogP contribution is -2.05. The van der Waals surface area contributed by atoms with Crippen molar-refractivity contribution in [2.24, 2.45) is 0 Å². The molecule has 0 aliphatic heterocycles. The molecule has 3 aromatic rings. The monoisotopic (exact) mass is 339 g/mol. The molecule has 0 bridgehead atoms. The molecule has 0 atom stereocenters. The molecule has 128 valence electrons. The van der Waals surface area contributed by atoms with E-state index in [0.29, 0.717) is 22.5 Å². The Morgan fingerprint density at radius 3 is 2.52 bits per heavy atom. The van der Waals surface area contributed by atoms with Crippen LogP contribution in [-0.2, 0) is 6.61 Å². The van der Waals surface area contributed by atoms with Gasteiger partial charge in [-0.1, -0.05) is 12.1 Å². The van der Waals surface area contributed by atoms with E-state index >= 15 is 0 Å². The summed E-state index contributed by atoms with van der Waals surface area (Å²) in [4.78, 5) is 22.3. The lowest BCUT2D eigenvalue weighted by atomic mass is 10.0. The molecule has 3 rings (SSSR count). The lowest BCUT2D eigenvalue weighted by molar-refractivity contribution is -0.385. The fraction of sp³-hybridized carbons (Fsp3) is 0.211. The number of rotatable bonds is 4. The van der Waals surface area contributed by atoms with E-state index in [2.05, 4.69) is 0 Å². The summed E-state index contributed by atoms with van der Waals surface area (Å²) in [5.41, 5.74) is 3.37. The Bertz CT molecular complexity index is 1040. The molecule has 1 heterocycles. The van der Waals surface area contributed by atoms with Crippen molar-refractivity contribution in [3.05, 3.63) is 79.2 Å². The fourth-order valence-corrected chi connectivity index (χ4v) is 2.73. The Balaban J connectivity index is 1.94. The normalized spacial score (nSPS) is 10.8. The quantitative estimate of drug-likeness (QED) is 0.404. The zero-order valence-corrected chi connectivity index (χ0v) is 14.2. The number of nitrogens with zero attached hydrogens (tertiary/aromatic N) is 1. The number of nitro groups is 1. The number of hydrogen-bond acceptors (Lipinski definition) is 5. The molecule has 0 aliphatic carbocycles. The molecule has 0 N–H and O–H groups in total. The Morgan fingerprint density at radius 1 is 1.08 bits per heavy atom. The molecule has 0 radical (unpaired) electrons. The zero-order chi connectivity index (χ0) is 18.1. The Morgan fingerprint density at radius 2 is 1.84 bits per heavy atom. The van der Waals surface area contributed by atoms with Gasteiger partial charge in [0.2, 0.25) is 0 Å². The van der Waals surface area contributed by atoms with Gasteiger partial charge in [-0.15, -0.1) is 0 Å². The molecule has 0 unspecified atom stereocenters. The van der Waals surface area contributed by atoms with Crippen molar-refractivity contribution in [1.82, 2.24) is 0 Å². The smallest absolute Gasteiger partial charge is 0.336 e. The average molecular weight is 339 g/mol. The minimum Gasteiger partial charge on any atom is -0.489 e. The molecule has 0 amide bonds. The van der Waals surface area contributed by atoms with Gasteiger partial charge in [-0.3, -0.25) is 10.1 Å². The van der Waals surface area contributed by atoms with E-state index in [1.54, 1.807) is 19.1 Å². The standard InChI is InChI=1S/C19H17NO5/c1-11-4-6-16-14(9-18(21)25-19(16)13(11)3)10-24-15-5-7-17(20(22)23)12(2)8-15/h4-9H,10H2,1-3H3. The predicted molar refractivity (Wildman–Crippen MR) is 94.1 cm³/mol. The molecular formula is C19H17NO5. The van der Waals surface area contributed by atoms with Crippen molar-refractivity contribution < 1.29 is 14.1 Å². The maximum atomic E-state index is 11.9. The second-order valence-electron chi connectivity index (χ2n) is 5.97. The van der Waals surface area contributed by atoms with E-state index in [1.807, 2.05) is 26.0 Å². The van der Waals surface area contributed by atoms with E-state index < -0.39 is 10.5 Å². The van der Waals surface area contributed by atoms with Crippen LogP contribution >= 0.6 is 0 Å². The Hall–Kier alpha value is -3.15. The van der Waals surface area contributed by atoms with E-state index in [-0.39, 0.29) is 12.3 Å². The third-order valence-corrected chi connectivity index (χ3v) is 4.28. The van der Waals surface area contributed by atoms with Crippen LogP contribution < -0.4 is 10.4 Å². The van der Waals surface area contributed by atoms with Crippen LogP contribution in [0.3, 0.4) is 0 Å². The SMILES string of the molecule is Cc1cc(OCc2cc(=O)oc3c(C)c(C)ccc23)ccc1[N+](=O)[O-]. The highest BCUT2D eigenvalue weighted by Crippen LogP contribution is 2.26. The maximum absolute atomic E-state index is 11.9. The van der Waals surface area contributed by atoms with E-state index in [4.69, 9.17) is 9.15 Å². The Labute approximate surface area is 143 Å². The highest BCUT2D eigenvalue weighted by Gasteiger charge is 2.13. The first-order chi connectivity index (χ1) is 11.9. The van der Waals surface area contributed by atoms with Crippen molar-refractivity contribution in [3.8, 4) is 5.75 Å². The molecule has 1 aromatic heterocycles. The number of aryl methyl sites for hydroxylation is 3. The van der Waals surface area contributed by atoms with Gasteiger partial charge in [-0.2, -0.15) is 0 Å². The molecule has 0 saturated heterocycles. The highest BCUT2D eigenvalue weighted by atomic mass is 16.6. The van der Waals surface area contributed by atoms with Gasteiger partial charge in [0, 0.05) is 28.6 Å². The van der Waals surface area contributed by atoms with Crippen LogP contribution in [0.4, 0.5) is 5.69 Å². The van der Waals surface area contributed by atoms with Gasteiger partial charge in [0.05, 0.1) is 4.92 Å². The number of fused-ring (bicyclic) bond motifs is 1. The van der Waals surface area contributed by atoms with Gasteiger partial charge < -0.3 is 9.15 Å². The van der Waals surface area contributed by atoms with Crippen molar-refractivity contribution in [2.75, 3.05) is 0 Å². The zero-order valence-electron chi connectivity index (χ0n) is 14.2. The van der Waals surface area contributed by atoms with Gasteiger partial charge in [0.1, 0.15) is 17.9 Å². The minimum atomic E-state index is -0.431. The summed E-state index contributed by atoms with van der Waals surface area (Å²) in [5.74, 6) is 0.508. The van der Waals surface area contributed by atoms with Crippen LogP contribution in [0.25, 0.3) is 11.0 Å². The van der Waals surface area contributed by atoms with Gasteiger partial charge in [0.25, 0.3) is 5.69 Å². The van der Waals surface area contributed by atoms with Crippen LogP contribution in [0.15, 0.2) is 45.6 Å². The van der Waals surface area contributed by atoms with Crippen LogP contribution in [0.2, 0.25) is 0 Å². The molecule has 6 nitrogen and oxygen atoms in total. The largest absolute Gasteiger partial charge is 0.489 e. The second kappa shape index (κ2) is 6.39. The van der Waals surface area contributed by atoms with Gasteiger partial charge in [-0.25, -0.2) is 4.79 Å². The van der Waals surface area contributed by atoms with Crippen LogP contribution in [-0.4, -0.2) is 4.92 Å². The molecule has 0 fully saturated rings. The van der Waals surface area contributed by atoms with Crippen LogP contribution in [0.1, 0.15) is 22.3 Å². The minimum absolute atomic E-state index is 0.0456. The summed E-state index contributed by atoms with van der Waals surface area (Å²) >= 11 is 0. The fourth-order valence-electron chi connectivity index (χ4n) is 2.73. The van der Waals surface area contributed by atoms with Crippen LogP contribution in [0.5, 0.6) is 5.75 Å². The third-order valence-electron chi connectivity index (χ3n) is 4.28. The van der Waals surface area contributed by atoms with Crippen molar-refractivity contribution >= 4 is 16.7 Å². The summed E-state index contributed by atoms with van der Waals surface area (Å²) < 4.78 is 11.1. The summed E-state index contributed by atoms with van der Waals surface area (Å²) in [7, 11) is 0. The average Bonchev–Trinajstić information content (AvgIpc) is 2.56. The first-order valence-corrected chi connectivity index (χ1v) is 7.77.